The number of aliphatic hydroxyl groups is 1. The van der Waals surface area contributed by atoms with Crippen LogP contribution in [0.25, 0.3) is 0 Å². The summed E-state index contributed by atoms with van der Waals surface area (Å²) < 4.78 is 7.44. The second kappa shape index (κ2) is 8.85. The Hall–Kier alpha value is -1.92. The van der Waals surface area contributed by atoms with Crippen molar-refractivity contribution in [3.63, 3.8) is 0 Å². The summed E-state index contributed by atoms with van der Waals surface area (Å²) in [5.41, 5.74) is 0.361. The maximum absolute atomic E-state index is 11.6. The van der Waals surface area contributed by atoms with Crippen LogP contribution in [0.4, 0.5) is 0 Å². The van der Waals surface area contributed by atoms with Crippen molar-refractivity contribution in [1.82, 2.24) is 14.8 Å². The van der Waals surface area contributed by atoms with Gasteiger partial charge in [0.05, 0.1) is 19.8 Å². The molecule has 1 N–H and O–H groups in total. The summed E-state index contributed by atoms with van der Waals surface area (Å²) in [5, 5.41) is 16.6. The Labute approximate surface area is 168 Å². The van der Waals surface area contributed by atoms with E-state index in [1.54, 1.807) is 29.2 Å². The Morgan fingerprint density at radius 3 is 2.63 bits per heavy atom. The molecule has 0 saturated heterocycles. The molecule has 0 aliphatic rings. The van der Waals surface area contributed by atoms with Crippen LogP contribution in [0.15, 0.2) is 61.2 Å². The highest BCUT2D eigenvalue weighted by Gasteiger charge is 2.38. The molecule has 7 heteroatoms. The van der Waals surface area contributed by atoms with E-state index in [-0.39, 0.29) is 12.5 Å². The fourth-order valence-corrected chi connectivity index (χ4v) is 3.55. The van der Waals surface area contributed by atoms with Crippen molar-refractivity contribution in [2.24, 2.45) is 5.92 Å². The van der Waals surface area contributed by atoms with Crippen LogP contribution < -0.4 is 0 Å². The van der Waals surface area contributed by atoms with Crippen LogP contribution in [0.5, 0.6) is 0 Å². The van der Waals surface area contributed by atoms with E-state index in [9.17, 15) is 5.11 Å². The Morgan fingerprint density at radius 1 is 1.19 bits per heavy atom. The molecule has 0 spiro atoms. The third-order valence-corrected chi connectivity index (χ3v) is 5.11. The van der Waals surface area contributed by atoms with Gasteiger partial charge in [-0.3, -0.25) is 0 Å². The van der Waals surface area contributed by atoms with Crippen molar-refractivity contribution in [3.05, 3.63) is 82.4 Å². The van der Waals surface area contributed by atoms with Gasteiger partial charge in [-0.15, -0.1) is 0 Å². The fourth-order valence-electron chi connectivity index (χ4n) is 2.97. The van der Waals surface area contributed by atoms with Crippen LogP contribution in [-0.4, -0.2) is 26.5 Å². The van der Waals surface area contributed by atoms with Crippen molar-refractivity contribution in [1.29, 1.82) is 0 Å². The molecule has 0 radical (unpaired) electrons. The maximum Gasteiger partial charge on any atom is 0.137 e. The SMILES string of the molecule is C[C@@H](COCc1ccccc1)[C@](O)(Cn1cncn1)c1ccc(Cl)cc1Cl. The zero-order valence-electron chi connectivity index (χ0n) is 14.9. The van der Waals surface area contributed by atoms with E-state index >= 15 is 0 Å². The van der Waals surface area contributed by atoms with Crippen LogP contribution in [0.2, 0.25) is 10.0 Å². The lowest BCUT2D eigenvalue weighted by Crippen LogP contribution is -2.40. The molecule has 2 atom stereocenters. The van der Waals surface area contributed by atoms with Crippen LogP contribution in [0.1, 0.15) is 18.1 Å². The van der Waals surface area contributed by atoms with Crippen LogP contribution in [-0.2, 0) is 23.5 Å². The topological polar surface area (TPSA) is 60.2 Å². The largest absolute Gasteiger partial charge is 0.383 e. The number of nitrogens with zero attached hydrogens (tertiary/aromatic N) is 3. The number of hydrogen-bond donors (Lipinski definition) is 1. The lowest BCUT2D eigenvalue weighted by molar-refractivity contribution is -0.0696. The summed E-state index contributed by atoms with van der Waals surface area (Å²) in [6, 6.07) is 15.0. The van der Waals surface area contributed by atoms with Crippen molar-refractivity contribution in [3.8, 4) is 0 Å². The molecule has 0 fully saturated rings. The first-order valence-electron chi connectivity index (χ1n) is 8.61. The molecule has 2 aromatic carbocycles. The summed E-state index contributed by atoms with van der Waals surface area (Å²) in [5.74, 6) is -0.260. The van der Waals surface area contributed by atoms with Crippen molar-refractivity contribution in [2.75, 3.05) is 6.61 Å². The number of rotatable bonds is 8. The van der Waals surface area contributed by atoms with Crippen molar-refractivity contribution in [2.45, 2.75) is 25.7 Å². The molecule has 0 unspecified atom stereocenters. The Morgan fingerprint density at radius 2 is 1.96 bits per heavy atom. The average Bonchev–Trinajstić information content (AvgIpc) is 3.15. The third-order valence-electron chi connectivity index (χ3n) is 4.56. The first-order chi connectivity index (χ1) is 13.0. The van der Waals surface area contributed by atoms with E-state index in [1.165, 1.54) is 6.33 Å². The Balaban J connectivity index is 1.80. The fraction of sp³-hybridized carbons (Fsp3) is 0.300. The molecule has 0 aliphatic heterocycles. The van der Waals surface area contributed by atoms with Gasteiger partial charge in [-0.2, -0.15) is 5.10 Å². The molecule has 0 aliphatic carbocycles. The van der Waals surface area contributed by atoms with Gasteiger partial charge in [-0.1, -0.05) is 66.5 Å². The Kier molecular flexibility index (Phi) is 6.50. The molecule has 5 nitrogen and oxygen atoms in total. The molecular weight excluding hydrogens is 385 g/mol. The molecule has 3 aromatic rings. The predicted molar refractivity (Wildman–Crippen MR) is 106 cm³/mol. The molecule has 142 valence electrons. The normalized spacial score (nSPS) is 14.7. The van der Waals surface area contributed by atoms with Crippen LogP contribution >= 0.6 is 23.2 Å². The van der Waals surface area contributed by atoms with Gasteiger partial charge in [0.25, 0.3) is 0 Å². The highest BCUT2D eigenvalue weighted by Crippen LogP contribution is 2.37. The maximum atomic E-state index is 11.6. The van der Waals surface area contributed by atoms with Gasteiger partial charge in [-0.05, 0) is 17.7 Å². The second-order valence-electron chi connectivity index (χ2n) is 6.54. The van der Waals surface area contributed by atoms with Crippen LogP contribution in [0, 0.1) is 5.92 Å². The molecular formula is C20H21Cl2N3O2. The first kappa shape index (κ1) is 19.8. The number of halogens is 2. The minimum absolute atomic E-state index is 0.199. The second-order valence-corrected chi connectivity index (χ2v) is 7.39. The van der Waals surface area contributed by atoms with Gasteiger partial charge in [0, 0.05) is 21.5 Å². The molecule has 3 rings (SSSR count). The van der Waals surface area contributed by atoms with Crippen molar-refractivity contribution < 1.29 is 9.84 Å². The summed E-state index contributed by atoms with van der Waals surface area (Å²) in [4.78, 5) is 3.95. The van der Waals surface area contributed by atoms with E-state index in [0.717, 1.165) is 5.56 Å². The molecule has 27 heavy (non-hydrogen) atoms. The van der Waals surface area contributed by atoms with Gasteiger partial charge in [0.2, 0.25) is 0 Å². The quantitative estimate of drug-likeness (QED) is 0.605. The predicted octanol–water partition coefficient (Wildman–Crippen LogP) is 4.33. The minimum Gasteiger partial charge on any atom is -0.383 e. The van der Waals surface area contributed by atoms with E-state index in [2.05, 4.69) is 10.1 Å². The smallest absolute Gasteiger partial charge is 0.137 e. The van der Waals surface area contributed by atoms with Gasteiger partial charge in [0.15, 0.2) is 0 Å². The van der Waals surface area contributed by atoms with Crippen LogP contribution in [0.3, 0.4) is 0 Å². The van der Waals surface area contributed by atoms with E-state index in [4.69, 9.17) is 27.9 Å². The van der Waals surface area contributed by atoms with Gasteiger partial charge in [0.1, 0.15) is 18.3 Å². The minimum atomic E-state index is -1.30. The van der Waals surface area contributed by atoms with Gasteiger partial charge in [-0.25, -0.2) is 9.67 Å². The van der Waals surface area contributed by atoms with Crippen molar-refractivity contribution >= 4 is 23.2 Å². The number of aromatic nitrogens is 3. The summed E-state index contributed by atoms with van der Waals surface area (Å²) in [7, 11) is 0. The third kappa shape index (κ3) is 4.87. The zero-order valence-corrected chi connectivity index (χ0v) is 16.4. The lowest BCUT2D eigenvalue weighted by Gasteiger charge is -2.35. The average molecular weight is 406 g/mol. The van der Waals surface area contributed by atoms with Gasteiger partial charge >= 0.3 is 0 Å². The molecule has 0 amide bonds. The Bertz CT molecular complexity index is 859. The summed E-state index contributed by atoms with van der Waals surface area (Å²) in [6.07, 6.45) is 2.99. The molecule has 1 aromatic heterocycles. The summed E-state index contributed by atoms with van der Waals surface area (Å²) in [6.45, 7) is 2.94. The summed E-state index contributed by atoms with van der Waals surface area (Å²) >= 11 is 12.4. The lowest BCUT2D eigenvalue weighted by atomic mass is 9.82. The van der Waals surface area contributed by atoms with E-state index < -0.39 is 5.60 Å². The van der Waals surface area contributed by atoms with E-state index in [0.29, 0.717) is 28.8 Å². The monoisotopic (exact) mass is 405 g/mol. The molecule has 0 saturated carbocycles. The number of hydrogen-bond acceptors (Lipinski definition) is 4. The number of benzene rings is 2. The van der Waals surface area contributed by atoms with E-state index in [1.807, 2.05) is 37.3 Å². The first-order valence-corrected chi connectivity index (χ1v) is 9.36. The standard InChI is InChI=1S/C20H21Cl2N3O2/c1-15(10-27-11-16-5-3-2-4-6-16)20(26,12-25-14-23-13-24-25)18-8-7-17(21)9-19(18)22/h2-9,13-15,26H,10-12H2,1H3/t15-,20+/m0/s1. The molecule has 1 heterocycles. The highest BCUT2D eigenvalue weighted by molar-refractivity contribution is 6.35. The van der Waals surface area contributed by atoms with Gasteiger partial charge < -0.3 is 9.84 Å². The highest BCUT2D eigenvalue weighted by atomic mass is 35.5. The zero-order chi connectivity index (χ0) is 19.3. The molecule has 0 bridgehead atoms. The number of ether oxygens (including phenoxy) is 1.